The second-order valence-electron chi connectivity index (χ2n) is 5.06. The molecule has 1 aliphatic heterocycles. The molecule has 1 N–H and O–H groups in total. The summed E-state index contributed by atoms with van der Waals surface area (Å²) in [4.78, 5) is 14.2. The largest absolute Gasteiger partial charge is 0.334 e. The minimum Gasteiger partial charge on any atom is -0.334 e. The molecule has 1 heterocycles. The van der Waals surface area contributed by atoms with E-state index in [4.69, 9.17) is 0 Å². The Balaban J connectivity index is 1.93. The minimum atomic E-state index is 0.137. The van der Waals surface area contributed by atoms with E-state index < -0.39 is 0 Å². The Kier molecular flexibility index (Phi) is 4.74. The zero-order chi connectivity index (χ0) is 13.7. The summed E-state index contributed by atoms with van der Waals surface area (Å²) in [6, 6.07) is 7.89. The number of amides is 1. The van der Waals surface area contributed by atoms with Crippen molar-refractivity contribution in [2.75, 3.05) is 26.2 Å². The molecule has 19 heavy (non-hydrogen) atoms. The highest BCUT2D eigenvalue weighted by Gasteiger charge is 2.23. The molecule has 0 unspecified atom stereocenters. The van der Waals surface area contributed by atoms with Crippen LogP contribution in [0.25, 0.3) is 0 Å². The lowest BCUT2D eigenvalue weighted by Crippen LogP contribution is -2.39. The Bertz CT molecular complexity index is 468. The summed E-state index contributed by atoms with van der Waals surface area (Å²) in [6.45, 7) is 9.43. The van der Waals surface area contributed by atoms with Gasteiger partial charge in [-0.2, -0.15) is 0 Å². The number of hydrogen-bond donors (Lipinski definition) is 1. The van der Waals surface area contributed by atoms with E-state index in [1.54, 1.807) is 0 Å². The Morgan fingerprint density at radius 3 is 3.00 bits per heavy atom. The number of nitrogens with one attached hydrogen (secondary N) is 1. The van der Waals surface area contributed by atoms with Crippen LogP contribution in [0.1, 0.15) is 29.3 Å². The molecular formula is C16H22N2O. The van der Waals surface area contributed by atoms with Gasteiger partial charge in [0.15, 0.2) is 0 Å². The molecule has 0 bridgehead atoms. The predicted octanol–water partition coefficient (Wildman–Crippen LogP) is 2.24. The Morgan fingerprint density at radius 2 is 2.21 bits per heavy atom. The average molecular weight is 258 g/mol. The van der Waals surface area contributed by atoms with Gasteiger partial charge in [0.1, 0.15) is 0 Å². The Labute approximate surface area is 115 Å². The number of carbonyl (C=O) groups excluding carboxylic acids is 1. The highest BCUT2D eigenvalue weighted by molar-refractivity contribution is 5.96. The van der Waals surface area contributed by atoms with Crippen molar-refractivity contribution in [2.24, 2.45) is 0 Å². The first kappa shape index (κ1) is 13.8. The maximum atomic E-state index is 12.3. The highest BCUT2D eigenvalue weighted by atomic mass is 16.2. The summed E-state index contributed by atoms with van der Waals surface area (Å²) in [5.74, 6) is 0.137. The van der Waals surface area contributed by atoms with Gasteiger partial charge in [-0.3, -0.25) is 4.79 Å². The summed E-state index contributed by atoms with van der Waals surface area (Å²) in [7, 11) is 0. The summed E-state index contributed by atoms with van der Waals surface area (Å²) >= 11 is 0. The van der Waals surface area contributed by atoms with Gasteiger partial charge >= 0.3 is 0 Å². The first-order valence-corrected chi connectivity index (χ1v) is 6.97. The number of hydrogen-bond acceptors (Lipinski definition) is 2. The number of carbonyl (C=O) groups is 1. The van der Waals surface area contributed by atoms with E-state index in [0.29, 0.717) is 6.54 Å². The van der Waals surface area contributed by atoms with Crippen LogP contribution in [0, 0.1) is 0 Å². The second-order valence-corrected chi connectivity index (χ2v) is 5.06. The third kappa shape index (κ3) is 3.44. The van der Waals surface area contributed by atoms with Gasteiger partial charge in [0.25, 0.3) is 5.91 Å². The molecule has 1 aliphatic rings. The van der Waals surface area contributed by atoms with E-state index >= 15 is 0 Å². The Morgan fingerprint density at radius 1 is 1.42 bits per heavy atom. The van der Waals surface area contributed by atoms with Gasteiger partial charge in [0.05, 0.1) is 0 Å². The molecule has 3 nitrogen and oxygen atoms in total. The van der Waals surface area contributed by atoms with Crippen LogP contribution in [0.2, 0.25) is 0 Å². The van der Waals surface area contributed by atoms with E-state index in [-0.39, 0.29) is 5.91 Å². The van der Waals surface area contributed by atoms with Crippen LogP contribution in [-0.4, -0.2) is 37.0 Å². The number of benzene rings is 1. The lowest BCUT2D eigenvalue weighted by Gasteiger charge is -2.29. The van der Waals surface area contributed by atoms with E-state index in [9.17, 15) is 4.79 Å². The predicted molar refractivity (Wildman–Crippen MR) is 78.4 cm³/mol. The molecule has 0 aliphatic carbocycles. The third-order valence-corrected chi connectivity index (χ3v) is 3.40. The van der Waals surface area contributed by atoms with Crippen molar-refractivity contribution in [2.45, 2.75) is 19.8 Å². The molecular weight excluding hydrogens is 236 g/mol. The van der Waals surface area contributed by atoms with Crippen molar-refractivity contribution in [1.29, 1.82) is 0 Å². The fourth-order valence-corrected chi connectivity index (χ4v) is 2.39. The third-order valence-electron chi connectivity index (χ3n) is 3.40. The fourth-order valence-electron chi connectivity index (χ4n) is 2.39. The summed E-state index contributed by atoms with van der Waals surface area (Å²) < 4.78 is 0. The van der Waals surface area contributed by atoms with Crippen molar-refractivity contribution < 1.29 is 4.79 Å². The van der Waals surface area contributed by atoms with E-state index in [2.05, 4.69) is 18.8 Å². The molecule has 0 aromatic heterocycles. The maximum absolute atomic E-state index is 12.3. The molecule has 1 aromatic carbocycles. The van der Waals surface area contributed by atoms with E-state index in [0.717, 1.165) is 43.6 Å². The van der Waals surface area contributed by atoms with Crippen molar-refractivity contribution in [3.8, 4) is 0 Å². The van der Waals surface area contributed by atoms with Crippen molar-refractivity contribution in [3.05, 3.63) is 47.5 Å². The summed E-state index contributed by atoms with van der Waals surface area (Å²) in [5.41, 5.74) is 3.09. The number of nitrogens with zero attached hydrogens (tertiary/aromatic N) is 1. The molecule has 0 saturated heterocycles. The van der Waals surface area contributed by atoms with Crippen molar-refractivity contribution in [3.63, 3.8) is 0 Å². The fraction of sp³-hybridized carbons (Fsp3) is 0.438. The van der Waals surface area contributed by atoms with Gasteiger partial charge in [0.2, 0.25) is 0 Å². The molecule has 0 radical (unpaired) electrons. The molecule has 0 spiro atoms. The molecule has 3 heteroatoms. The van der Waals surface area contributed by atoms with Gasteiger partial charge in [-0.25, -0.2) is 0 Å². The standard InChI is InChI=1S/C16H22N2O/c1-3-9-17-11-13(2)12-18-10-8-14-6-4-5-7-15(14)16(18)19/h4-7,17H,2-3,8-12H2,1H3. The van der Waals surface area contributed by atoms with Gasteiger partial charge in [-0.05, 0) is 36.6 Å². The van der Waals surface area contributed by atoms with Crippen LogP contribution >= 0.6 is 0 Å². The van der Waals surface area contributed by atoms with Crippen LogP contribution in [0.15, 0.2) is 36.4 Å². The van der Waals surface area contributed by atoms with Crippen molar-refractivity contribution in [1.82, 2.24) is 10.2 Å². The van der Waals surface area contributed by atoms with Crippen LogP contribution in [0.5, 0.6) is 0 Å². The first-order valence-electron chi connectivity index (χ1n) is 6.97. The SMILES string of the molecule is C=C(CNCCC)CN1CCc2ccccc2C1=O. The molecule has 1 amide bonds. The topological polar surface area (TPSA) is 32.3 Å². The van der Waals surface area contributed by atoms with E-state index in [1.807, 2.05) is 29.2 Å². The van der Waals surface area contributed by atoms with E-state index in [1.165, 1.54) is 5.56 Å². The van der Waals surface area contributed by atoms with Gasteiger partial charge in [0, 0.05) is 25.2 Å². The molecule has 102 valence electrons. The van der Waals surface area contributed by atoms with Crippen LogP contribution in [0.4, 0.5) is 0 Å². The zero-order valence-electron chi connectivity index (χ0n) is 11.6. The lowest BCUT2D eigenvalue weighted by atomic mass is 9.99. The minimum absolute atomic E-state index is 0.137. The quantitative estimate of drug-likeness (QED) is 0.627. The lowest BCUT2D eigenvalue weighted by molar-refractivity contribution is 0.0754. The summed E-state index contributed by atoms with van der Waals surface area (Å²) in [6.07, 6.45) is 2.06. The summed E-state index contributed by atoms with van der Waals surface area (Å²) in [5, 5.41) is 3.32. The Hall–Kier alpha value is -1.61. The van der Waals surface area contributed by atoms with Crippen LogP contribution in [-0.2, 0) is 6.42 Å². The first-order chi connectivity index (χ1) is 9.22. The average Bonchev–Trinajstić information content (AvgIpc) is 2.43. The normalized spacial score (nSPS) is 14.4. The van der Waals surface area contributed by atoms with Gasteiger partial charge < -0.3 is 10.2 Å². The monoisotopic (exact) mass is 258 g/mol. The number of rotatable bonds is 6. The zero-order valence-corrected chi connectivity index (χ0v) is 11.6. The molecule has 2 rings (SSSR count). The number of fused-ring (bicyclic) bond motifs is 1. The van der Waals surface area contributed by atoms with Gasteiger partial charge in [-0.15, -0.1) is 0 Å². The van der Waals surface area contributed by atoms with Gasteiger partial charge in [-0.1, -0.05) is 31.7 Å². The smallest absolute Gasteiger partial charge is 0.254 e. The molecule has 1 aromatic rings. The highest BCUT2D eigenvalue weighted by Crippen LogP contribution is 2.18. The molecule has 0 atom stereocenters. The van der Waals surface area contributed by atoms with Crippen LogP contribution < -0.4 is 5.32 Å². The molecule has 0 saturated carbocycles. The van der Waals surface area contributed by atoms with Crippen molar-refractivity contribution >= 4 is 5.91 Å². The maximum Gasteiger partial charge on any atom is 0.254 e. The second kappa shape index (κ2) is 6.53. The molecule has 0 fully saturated rings. The van der Waals surface area contributed by atoms with Crippen LogP contribution in [0.3, 0.4) is 0 Å².